The fourth-order valence-electron chi connectivity index (χ4n) is 1.16. The number of carbonyl (C=O) groups excluding carboxylic acids is 1. The summed E-state index contributed by atoms with van der Waals surface area (Å²) in [7, 11) is 0. The maximum Gasteiger partial charge on any atom is 0.221 e. The van der Waals surface area contributed by atoms with E-state index in [0.717, 1.165) is 12.5 Å². The fraction of sp³-hybridized carbons (Fsp3) is 0.900. The van der Waals surface area contributed by atoms with Crippen LogP contribution in [0.15, 0.2) is 0 Å². The highest BCUT2D eigenvalue weighted by atomic mass is 35.5. The van der Waals surface area contributed by atoms with Gasteiger partial charge in [0.2, 0.25) is 5.91 Å². The average molecular weight is 237 g/mol. The largest absolute Gasteiger partial charge is 0.379 e. The molecule has 1 unspecified atom stereocenters. The second-order valence-electron chi connectivity index (χ2n) is 4.05. The number of hydrogen-bond donors (Lipinski definition) is 2. The molecule has 1 saturated carbocycles. The minimum absolute atomic E-state index is 0. The maximum absolute atomic E-state index is 11.1. The Hall–Kier alpha value is -0.320. The minimum Gasteiger partial charge on any atom is -0.379 e. The van der Waals surface area contributed by atoms with Gasteiger partial charge in [-0.25, -0.2) is 0 Å². The summed E-state index contributed by atoms with van der Waals surface area (Å²) in [4.78, 5) is 11.1. The first-order valence-electron chi connectivity index (χ1n) is 5.28. The third kappa shape index (κ3) is 8.66. The van der Waals surface area contributed by atoms with Gasteiger partial charge in [-0.3, -0.25) is 4.79 Å². The molecule has 15 heavy (non-hydrogen) atoms. The SMILES string of the molecule is CC(N)CC(=O)NCCOCC1CC1.Cl. The van der Waals surface area contributed by atoms with Crippen LogP contribution >= 0.6 is 12.4 Å². The molecule has 0 spiro atoms. The van der Waals surface area contributed by atoms with E-state index in [9.17, 15) is 4.79 Å². The van der Waals surface area contributed by atoms with Crippen molar-refractivity contribution in [2.45, 2.75) is 32.2 Å². The summed E-state index contributed by atoms with van der Waals surface area (Å²) < 4.78 is 5.37. The van der Waals surface area contributed by atoms with Crippen LogP contribution in [0.5, 0.6) is 0 Å². The molecule has 0 aromatic carbocycles. The van der Waals surface area contributed by atoms with Gasteiger partial charge in [0, 0.05) is 25.6 Å². The van der Waals surface area contributed by atoms with Crippen molar-refractivity contribution in [1.29, 1.82) is 0 Å². The molecule has 0 aromatic rings. The first kappa shape index (κ1) is 14.7. The second-order valence-corrected chi connectivity index (χ2v) is 4.05. The van der Waals surface area contributed by atoms with Crippen LogP contribution in [0, 0.1) is 5.92 Å². The van der Waals surface area contributed by atoms with Gasteiger partial charge in [0.15, 0.2) is 0 Å². The molecule has 1 amide bonds. The Balaban J connectivity index is 0.00000196. The summed E-state index contributed by atoms with van der Waals surface area (Å²) in [5.74, 6) is 0.796. The van der Waals surface area contributed by atoms with Gasteiger partial charge in [0.05, 0.1) is 6.61 Å². The molecule has 1 aliphatic carbocycles. The summed E-state index contributed by atoms with van der Waals surface area (Å²) in [6.07, 6.45) is 3.00. The second kappa shape index (κ2) is 7.91. The highest BCUT2D eigenvalue weighted by Gasteiger charge is 2.20. The normalized spacial score (nSPS) is 16.7. The highest BCUT2D eigenvalue weighted by molar-refractivity contribution is 5.85. The molecule has 3 N–H and O–H groups in total. The first-order valence-corrected chi connectivity index (χ1v) is 5.28. The Labute approximate surface area is 97.3 Å². The van der Waals surface area contributed by atoms with E-state index in [0.29, 0.717) is 19.6 Å². The van der Waals surface area contributed by atoms with Gasteiger partial charge in [0.1, 0.15) is 0 Å². The van der Waals surface area contributed by atoms with Crippen molar-refractivity contribution in [1.82, 2.24) is 5.32 Å². The summed E-state index contributed by atoms with van der Waals surface area (Å²) in [6, 6.07) is -0.0672. The molecule has 0 aromatic heterocycles. The van der Waals surface area contributed by atoms with E-state index < -0.39 is 0 Å². The smallest absolute Gasteiger partial charge is 0.221 e. The van der Waals surface area contributed by atoms with Gasteiger partial charge in [-0.05, 0) is 25.7 Å². The molecule has 4 nitrogen and oxygen atoms in total. The monoisotopic (exact) mass is 236 g/mol. The third-order valence-electron chi connectivity index (χ3n) is 2.13. The molecule has 1 aliphatic rings. The molecule has 0 radical (unpaired) electrons. The Kier molecular flexibility index (Phi) is 7.74. The minimum atomic E-state index is -0.0672. The van der Waals surface area contributed by atoms with Crippen LogP contribution in [0.2, 0.25) is 0 Å². The van der Waals surface area contributed by atoms with E-state index in [2.05, 4.69) is 5.32 Å². The van der Waals surface area contributed by atoms with E-state index in [1.54, 1.807) is 0 Å². The lowest BCUT2D eigenvalue weighted by Crippen LogP contribution is -2.32. The predicted octanol–water partition coefficient (Wildman–Crippen LogP) is 0.688. The van der Waals surface area contributed by atoms with Gasteiger partial charge in [-0.15, -0.1) is 12.4 Å². The van der Waals surface area contributed by atoms with Crippen molar-refractivity contribution in [3.05, 3.63) is 0 Å². The highest BCUT2D eigenvalue weighted by Crippen LogP contribution is 2.28. The Bertz CT molecular complexity index is 184. The number of nitrogens with one attached hydrogen (secondary N) is 1. The lowest BCUT2D eigenvalue weighted by atomic mass is 10.2. The Morgan fingerprint density at radius 2 is 2.27 bits per heavy atom. The van der Waals surface area contributed by atoms with Crippen molar-refractivity contribution in [3.63, 3.8) is 0 Å². The van der Waals surface area contributed by atoms with E-state index in [1.165, 1.54) is 12.8 Å². The van der Waals surface area contributed by atoms with Gasteiger partial charge >= 0.3 is 0 Å². The first-order chi connectivity index (χ1) is 6.68. The summed E-state index contributed by atoms with van der Waals surface area (Å²) in [5, 5.41) is 2.76. The molecule has 0 heterocycles. The zero-order valence-corrected chi connectivity index (χ0v) is 10.0. The lowest BCUT2D eigenvalue weighted by molar-refractivity contribution is -0.121. The number of halogens is 1. The van der Waals surface area contributed by atoms with Crippen LogP contribution in [-0.2, 0) is 9.53 Å². The Morgan fingerprint density at radius 1 is 1.60 bits per heavy atom. The van der Waals surface area contributed by atoms with Crippen LogP contribution in [-0.4, -0.2) is 31.7 Å². The molecule has 90 valence electrons. The molecule has 5 heteroatoms. The summed E-state index contributed by atoms with van der Waals surface area (Å²) in [5.41, 5.74) is 5.48. The number of carbonyl (C=O) groups is 1. The zero-order valence-electron chi connectivity index (χ0n) is 9.20. The third-order valence-corrected chi connectivity index (χ3v) is 2.13. The van der Waals surface area contributed by atoms with Crippen molar-refractivity contribution >= 4 is 18.3 Å². The lowest BCUT2D eigenvalue weighted by Gasteiger charge is -2.07. The van der Waals surface area contributed by atoms with Crippen LogP contribution < -0.4 is 11.1 Å². The molecule has 0 saturated heterocycles. The molecule has 1 fully saturated rings. The van der Waals surface area contributed by atoms with E-state index >= 15 is 0 Å². The average Bonchev–Trinajstić information content (AvgIpc) is 2.86. The number of rotatable bonds is 7. The topological polar surface area (TPSA) is 64.4 Å². The molecule has 1 atom stereocenters. The van der Waals surface area contributed by atoms with Gasteiger partial charge < -0.3 is 15.8 Å². The fourth-order valence-corrected chi connectivity index (χ4v) is 1.16. The predicted molar refractivity (Wildman–Crippen MR) is 62.1 cm³/mol. The molecular weight excluding hydrogens is 216 g/mol. The zero-order chi connectivity index (χ0) is 10.4. The number of hydrogen-bond acceptors (Lipinski definition) is 3. The molecule has 1 rings (SSSR count). The number of ether oxygens (including phenoxy) is 1. The maximum atomic E-state index is 11.1. The van der Waals surface area contributed by atoms with Crippen molar-refractivity contribution < 1.29 is 9.53 Å². The van der Waals surface area contributed by atoms with Crippen LogP contribution in [0.25, 0.3) is 0 Å². The van der Waals surface area contributed by atoms with Crippen molar-refractivity contribution in [3.8, 4) is 0 Å². The van der Waals surface area contributed by atoms with Crippen molar-refractivity contribution in [2.24, 2.45) is 11.7 Å². The molecule has 0 bridgehead atoms. The van der Waals surface area contributed by atoms with Crippen molar-refractivity contribution in [2.75, 3.05) is 19.8 Å². The summed E-state index contributed by atoms with van der Waals surface area (Å²) in [6.45, 7) is 3.88. The Morgan fingerprint density at radius 3 is 2.80 bits per heavy atom. The van der Waals surface area contributed by atoms with Gasteiger partial charge in [0.25, 0.3) is 0 Å². The quantitative estimate of drug-likeness (QED) is 0.640. The number of nitrogens with two attached hydrogens (primary N) is 1. The standard InChI is InChI=1S/C10H20N2O2.ClH/c1-8(11)6-10(13)12-4-5-14-7-9-2-3-9;/h8-9H,2-7,11H2,1H3,(H,12,13);1H. The van der Waals surface area contributed by atoms with Gasteiger partial charge in [-0.1, -0.05) is 0 Å². The van der Waals surface area contributed by atoms with Gasteiger partial charge in [-0.2, -0.15) is 0 Å². The van der Waals surface area contributed by atoms with Crippen LogP contribution in [0.3, 0.4) is 0 Å². The van der Waals surface area contributed by atoms with Crippen LogP contribution in [0.4, 0.5) is 0 Å². The van der Waals surface area contributed by atoms with E-state index in [1.807, 2.05) is 6.92 Å². The molecule has 0 aliphatic heterocycles. The van der Waals surface area contributed by atoms with Crippen LogP contribution in [0.1, 0.15) is 26.2 Å². The number of amides is 1. The van der Waals surface area contributed by atoms with E-state index in [4.69, 9.17) is 10.5 Å². The molecular formula is C10H21ClN2O2. The summed E-state index contributed by atoms with van der Waals surface area (Å²) >= 11 is 0. The van der Waals surface area contributed by atoms with E-state index in [-0.39, 0.29) is 24.4 Å².